The minimum absolute atomic E-state index is 0.0325. The highest BCUT2D eigenvalue weighted by Gasteiger charge is 2.17. The standard InChI is InChI=1S/C19H22N4O3/c20-17(24)2-1-8-26-9-7-22-18-11-14(5-6-21-18)13-3-4-16-15(10-13)12-19(25)23-16/h3-6,10-11H,1-2,7-9,12H2,(H2,20,24)(H,21,22)(H,23,25). The number of aromatic nitrogens is 1. The van der Waals surface area contributed by atoms with E-state index in [1.165, 1.54) is 0 Å². The molecule has 1 aromatic heterocycles. The second-order valence-electron chi connectivity index (χ2n) is 6.14. The summed E-state index contributed by atoms with van der Waals surface area (Å²) in [7, 11) is 0. The number of primary amides is 1. The lowest BCUT2D eigenvalue weighted by Crippen LogP contribution is -2.13. The number of hydrogen-bond acceptors (Lipinski definition) is 5. The molecule has 0 fully saturated rings. The molecular formula is C19H22N4O3. The largest absolute Gasteiger partial charge is 0.380 e. The van der Waals surface area contributed by atoms with Gasteiger partial charge in [0.2, 0.25) is 11.8 Å². The van der Waals surface area contributed by atoms with Gasteiger partial charge in [0.15, 0.2) is 0 Å². The summed E-state index contributed by atoms with van der Waals surface area (Å²) in [6.07, 6.45) is 3.16. The number of amides is 2. The van der Waals surface area contributed by atoms with E-state index >= 15 is 0 Å². The van der Waals surface area contributed by atoms with E-state index in [4.69, 9.17) is 10.5 Å². The summed E-state index contributed by atoms with van der Waals surface area (Å²) >= 11 is 0. The molecule has 26 heavy (non-hydrogen) atoms. The minimum atomic E-state index is -0.306. The number of carbonyl (C=O) groups excluding carboxylic acids is 2. The summed E-state index contributed by atoms with van der Waals surface area (Å²) in [4.78, 5) is 26.4. The number of benzene rings is 1. The number of rotatable bonds is 9. The fraction of sp³-hybridized carbons (Fsp3) is 0.316. The van der Waals surface area contributed by atoms with Gasteiger partial charge in [0.05, 0.1) is 13.0 Å². The molecule has 0 saturated heterocycles. The number of carbonyl (C=O) groups is 2. The fourth-order valence-electron chi connectivity index (χ4n) is 2.82. The third kappa shape index (κ3) is 4.80. The highest BCUT2D eigenvalue weighted by atomic mass is 16.5. The van der Waals surface area contributed by atoms with E-state index in [0.717, 1.165) is 28.2 Å². The number of pyridine rings is 1. The van der Waals surface area contributed by atoms with Crippen molar-refractivity contribution in [2.75, 3.05) is 30.4 Å². The minimum Gasteiger partial charge on any atom is -0.380 e. The summed E-state index contributed by atoms with van der Waals surface area (Å²) in [5.74, 6) is 0.488. The van der Waals surface area contributed by atoms with Gasteiger partial charge in [-0.05, 0) is 47.4 Å². The Labute approximate surface area is 151 Å². The van der Waals surface area contributed by atoms with E-state index < -0.39 is 0 Å². The highest BCUT2D eigenvalue weighted by molar-refractivity contribution is 5.99. The Kier molecular flexibility index (Phi) is 5.80. The molecule has 7 heteroatoms. The predicted octanol–water partition coefficient (Wildman–Crippen LogP) is 1.94. The maximum atomic E-state index is 11.5. The van der Waals surface area contributed by atoms with Crippen LogP contribution in [0, 0.1) is 0 Å². The van der Waals surface area contributed by atoms with Crippen molar-refractivity contribution < 1.29 is 14.3 Å². The van der Waals surface area contributed by atoms with Crippen LogP contribution in [-0.2, 0) is 20.7 Å². The van der Waals surface area contributed by atoms with Gasteiger partial charge in [0, 0.05) is 31.5 Å². The van der Waals surface area contributed by atoms with Crippen molar-refractivity contribution in [1.82, 2.24) is 4.98 Å². The van der Waals surface area contributed by atoms with Gasteiger partial charge in [-0.15, -0.1) is 0 Å². The average molecular weight is 354 g/mol. The molecule has 0 aliphatic carbocycles. The molecule has 136 valence electrons. The van der Waals surface area contributed by atoms with Gasteiger partial charge < -0.3 is 21.1 Å². The molecule has 2 amide bonds. The number of anilines is 2. The molecule has 0 radical (unpaired) electrons. The Hall–Kier alpha value is -2.93. The van der Waals surface area contributed by atoms with Gasteiger partial charge >= 0.3 is 0 Å². The van der Waals surface area contributed by atoms with Crippen LogP contribution in [0.3, 0.4) is 0 Å². The molecule has 0 saturated carbocycles. The van der Waals surface area contributed by atoms with Gasteiger partial charge in [0.1, 0.15) is 5.82 Å². The van der Waals surface area contributed by atoms with Crippen LogP contribution in [0.15, 0.2) is 36.5 Å². The molecule has 3 rings (SSSR count). The first-order valence-electron chi connectivity index (χ1n) is 8.61. The normalized spacial score (nSPS) is 12.5. The van der Waals surface area contributed by atoms with E-state index in [-0.39, 0.29) is 11.8 Å². The quantitative estimate of drug-likeness (QED) is 0.597. The smallest absolute Gasteiger partial charge is 0.228 e. The van der Waals surface area contributed by atoms with Crippen molar-refractivity contribution in [3.8, 4) is 11.1 Å². The van der Waals surface area contributed by atoms with Gasteiger partial charge in [-0.1, -0.05) is 6.07 Å². The summed E-state index contributed by atoms with van der Waals surface area (Å²) in [5.41, 5.74) is 9.06. The van der Waals surface area contributed by atoms with Gasteiger partial charge in [-0.25, -0.2) is 4.98 Å². The Bertz CT molecular complexity index is 807. The van der Waals surface area contributed by atoms with Crippen molar-refractivity contribution in [1.29, 1.82) is 0 Å². The number of nitrogens with zero attached hydrogens (tertiary/aromatic N) is 1. The summed E-state index contributed by atoms with van der Waals surface area (Å²) in [6.45, 7) is 1.66. The maximum absolute atomic E-state index is 11.5. The number of nitrogens with two attached hydrogens (primary N) is 1. The van der Waals surface area contributed by atoms with E-state index in [9.17, 15) is 9.59 Å². The van der Waals surface area contributed by atoms with Crippen molar-refractivity contribution in [2.45, 2.75) is 19.3 Å². The molecule has 0 atom stereocenters. The molecule has 7 nitrogen and oxygen atoms in total. The molecular weight excluding hydrogens is 332 g/mol. The zero-order chi connectivity index (χ0) is 18.4. The zero-order valence-corrected chi connectivity index (χ0v) is 14.5. The summed E-state index contributed by atoms with van der Waals surface area (Å²) in [5, 5.41) is 6.06. The van der Waals surface area contributed by atoms with E-state index in [0.29, 0.717) is 39.0 Å². The topological polar surface area (TPSA) is 106 Å². The van der Waals surface area contributed by atoms with E-state index in [1.807, 2.05) is 30.3 Å². The zero-order valence-electron chi connectivity index (χ0n) is 14.5. The third-order valence-electron chi connectivity index (χ3n) is 4.09. The van der Waals surface area contributed by atoms with Crippen LogP contribution in [0.1, 0.15) is 18.4 Å². The van der Waals surface area contributed by atoms with Crippen molar-refractivity contribution in [3.63, 3.8) is 0 Å². The Morgan fingerprint density at radius 2 is 2.08 bits per heavy atom. The molecule has 2 aromatic rings. The van der Waals surface area contributed by atoms with Gasteiger partial charge in [-0.2, -0.15) is 0 Å². The molecule has 2 heterocycles. The fourth-order valence-corrected chi connectivity index (χ4v) is 2.82. The summed E-state index contributed by atoms with van der Waals surface area (Å²) < 4.78 is 5.44. The second kappa shape index (κ2) is 8.44. The molecule has 1 aliphatic heterocycles. The van der Waals surface area contributed by atoms with Crippen LogP contribution >= 0.6 is 0 Å². The first-order valence-corrected chi connectivity index (χ1v) is 8.61. The highest BCUT2D eigenvalue weighted by Crippen LogP contribution is 2.29. The van der Waals surface area contributed by atoms with Gasteiger partial charge in [0.25, 0.3) is 0 Å². The van der Waals surface area contributed by atoms with Crippen LogP contribution in [0.25, 0.3) is 11.1 Å². The van der Waals surface area contributed by atoms with Crippen molar-refractivity contribution in [3.05, 3.63) is 42.1 Å². The van der Waals surface area contributed by atoms with Crippen LogP contribution in [0.2, 0.25) is 0 Å². The lowest BCUT2D eigenvalue weighted by molar-refractivity contribution is -0.118. The molecule has 0 spiro atoms. The Balaban J connectivity index is 1.52. The van der Waals surface area contributed by atoms with Crippen LogP contribution < -0.4 is 16.4 Å². The first kappa shape index (κ1) is 17.9. The number of nitrogens with one attached hydrogen (secondary N) is 2. The second-order valence-corrected chi connectivity index (χ2v) is 6.14. The van der Waals surface area contributed by atoms with Crippen LogP contribution in [-0.4, -0.2) is 36.6 Å². The van der Waals surface area contributed by atoms with Crippen LogP contribution in [0.4, 0.5) is 11.5 Å². The van der Waals surface area contributed by atoms with Crippen molar-refractivity contribution in [2.24, 2.45) is 5.73 Å². The maximum Gasteiger partial charge on any atom is 0.228 e. The molecule has 0 bridgehead atoms. The molecule has 1 aromatic carbocycles. The number of ether oxygens (including phenoxy) is 1. The Morgan fingerprint density at radius 1 is 1.23 bits per heavy atom. The monoisotopic (exact) mass is 354 g/mol. The van der Waals surface area contributed by atoms with Crippen LogP contribution in [0.5, 0.6) is 0 Å². The summed E-state index contributed by atoms with van der Waals surface area (Å²) in [6, 6.07) is 9.87. The SMILES string of the molecule is NC(=O)CCCOCCNc1cc(-c2ccc3c(c2)CC(=O)N3)ccn1. The molecule has 0 unspecified atom stereocenters. The lowest BCUT2D eigenvalue weighted by Gasteiger charge is -2.09. The number of fused-ring (bicyclic) bond motifs is 1. The first-order chi connectivity index (χ1) is 12.6. The predicted molar refractivity (Wildman–Crippen MR) is 99.7 cm³/mol. The van der Waals surface area contributed by atoms with E-state index in [2.05, 4.69) is 15.6 Å². The van der Waals surface area contributed by atoms with E-state index in [1.54, 1.807) is 6.20 Å². The molecule has 1 aliphatic rings. The third-order valence-corrected chi connectivity index (χ3v) is 4.09. The number of hydrogen-bond donors (Lipinski definition) is 3. The Morgan fingerprint density at radius 3 is 2.92 bits per heavy atom. The average Bonchev–Trinajstić information content (AvgIpc) is 3.00. The molecule has 4 N–H and O–H groups in total. The van der Waals surface area contributed by atoms with Crippen molar-refractivity contribution >= 4 is 23.3 Å². The van der Waals surface area contributed by atoms with Gasteiger partial charge in [-0.3, -0.25) is 9.59 Å². The lowest BCUT2D eigenvalue weighted by atomic mass is 10.0.